The molecule has 0 spiro atoms. The average molecular weight is 1880 g/mol. The maximum absolute atomic E-state index is 15.7. The van der Waals surface area contributed by atoms with Gasteiger partial charge in [0, 0.05) is 102 Å². The van der Waals surface area contributed by atoms with Gasteiger partial charge in [0.2, 0.25) is 89.1 Å². The van der Waals surface area contributed by atoms with Crippen LogP contribution in [-0.2, 0) is 109 Å². The third kappa shape index (κ3) is 31.3. The minimum atomic E-state index is -1.96. The van der Waals surface area contributed by atoms with Crippen LogP contribution in [0.2, 0.25) is 0 Å². The van der Waals surface area contributed by atoms with E-state index < -0.39 is 235 Å². The average Bonchev–Trinajstić information content (AvgIpc) is 1.78. The number of rotatable bonds is 52. The van der Waals surface area contributed by atoms with Crippen molar-refractivity contribution in [1.29, 1.82) is 0 Å². The molecule has 40 heteroatoms. The predicted molar refractivity (Wildman–Crippen MR) is 492 cm³/mol. The number of nitrogens with zero attached hydrogens (tertiary/aromatic N) is 5. The highest BCUT2D eigenvalue weighted by Gasteiger charge is 2.47. The number of aliphatic hydroxyl groups excluding tert-OH is 2. The fourth-order valence-corrected chi connectivity index (χ4v) is 17.0. The number of carboxylic acid groups (broad SMARTS) is 1. The molecule has 2 aliphatic rings. The number of aromatic amines is 1. The summed E-state index contributed by atoms with van der Waals surface area (Å²) in [7, 11) is 3.84. The number of nitrogens with two attached hydrogens (primary N) is 2. The Labute approximate surface area is 780 Å². The number of β-amino-alcohol motifs (C(OH)–C–C–N with tert-alkyl or cyclic N) is 2. The van der Waals surface area contributed by atoms with Gasteiger partial charge in [-0.25, -0.2) is 8.78 Å². The highest BCUT2D eigenvalue weighted by Crippen LogP contribution is 2.28. The van der Waals surface area contributed by atoms with E-state index in [0.717, 1.165) is 60.5 Å². The van der Waals surface area contributed by atoms with Crippen LogP contribution < -0.4 is 59.3 Å². The first-order valence-electron chi connectivity index (χ1n) is 44.8. The van der Waals surface area contributed by atoms with E-state index in [-0.39, 0.29) is 81.7 Å². The Kier molecular flexibility index (Phi) is 41.2. The SMILES string of the molecule is CCCC[C@@H](C(=O)N1C[C@H](O)C[C@@H]1C(=O)N[C@@H](CC(=O)O)C(=O)N[C@H](C(=O)N(C)[C@@H](Cc1ccccc1)C(=O)N[C@@H](CCCCN)C(=O)N1CC[C@@H](O)C1)C(C)C)N(C)C(=O)[C@H](Cc1ccccc1)N(C)C(=O)[C@H](Cc1ccc(F)c(F)c1)NC(=O)CSC[C@H](NC(=O)[C@H](CC(C)C)NC(=O)[C@H](Cc1ccc(O)cc1)NC(=O)[C@H](Cc1c[nH]c2ccccc12)NC=O)C(=O)NCC(N)=O. The fraction of sp³-hybridized carbons (Fsp3) is 0.489. The van der Waals surface area contributed by atoms with Crippen molar-refractivity contribution >= 4 is 118 Å². The van der Waals surface area contributed by atoms with E-state index in [1.54, 1.807) is 108 Å². The summed E-state index contributed by atoms with van der Waals surface area (Å²) in [5, 5.41) is 66.2. The van der Waals surface area contributed by atoms with Crippen molar-refractivity contribution in [2.75, 3.05) is 65.4 Å². The molecule has 0 radical (unpaired) electrons. The monoisotopic (exact) mass is 1880 g/mol. The number of hydrogen-bond donors (Lipinski definition) is 16. The number of likely N-dealkylation sites (N-methyl/N-ethyl adjacent to an activating group) is 3. The molecule has 15 amide bonds. The third-order valence-corrected chi connectivity index (χ3v) is 24.6. The first-order valence-corrected chi connectivity index (χ1v) is 45.9. The van der Waals surface area contributed by atoms with E-state index in [1.807, 2.05) is 18.2 Å². The molecular weight excluding hydrogens is 1760 g/mol. The topological polar surface area (TPSA) is 546 Å². The molecule has 1 aromatic heterocycles. The van der Waals surface area contributed by atoms with Crippen LogP contribution in [0.4, 0.5) is 8.78 Å². The Morgan fingerprint density at radius 3 is 1.76 bits per heavy atom. The van der Waals surface area contributed by atoms with E-state index in [0.29, 0.717) is 60.9 Å². The van der Waals surface area contributed by atoms with Crippen molar-refractivity contribution in [2.24, 2.45) is 23.3 Å². The van der Waals surface area contributed by atoms with Crippen molar-refractivity contribution in [3.8, 4) is 5.75 Å². The van der Waals surface area contributed by atoms with Gasteiger partial charge in [-0.2, -0.15) is 0 Å². The lowest BCUT2D eigenvalue weighted by Crippen LogP contribution is -2.61. The summed E-state index contributed by atoms with van der Waals surface area (Å²) in [6.07, 6.45) is -0.787. The number of unbranched alkanes of at least 4 members (excludes halogenated alkanes) is 2. The van der Waals surface area contributed by atoms with Gasteiger partial charge >= 0.3 is 5.97 Å². The number of primary amides is 1. The number of hydrogen-bond acceptors (Lipinski definition) is 21. The van der Waals surface area contributed by atoms with Gasteiger partial charge in [-0.3, -0.25) is 76.7 Å². The molecule has 5 aromatic carbocycles. The summed E-state index contributed by atoms with van der Waals surface area (Å²) in [4.78, 5) is 237. The maximum atomic E-state index is 15.7. The van der Waals surface area contributed by atoms with E-state index >= 15 is 18.8 Å². The second-order valence-electron chi connectivity index (χ2n) is 34.6. The Bertz CT molecular complexity index is 5060. The lowest BCUT2D eigenvalue weighted by Gasteiger charge is -2.38. The second-order valence-corrected chi connectivity index (χ2v) is 35.7. The Morgan fingerprint density at radius 2 is 1.15 bits per heavy atom. The molecule has 8 rings (SSSR count). The number of phenols is 1. The standard InChI is InChI=1S/C94H125F2N17O20S/c1-9-10-28-75(93(132)113-50-63(117)45-77(113)89(128)106-72(46-81(120)121)87(126)108-82(55(4)5)94(133)110(7)76(42-56-21-13-11-14-22-56)88(127)103-68(27-19-20-36-97)91(130)112-37-35-62(116)49-112)109(6)92(131)78(43-57-23-15-12-16-24-57)111(8)90(129)73(41-59-31-34-65(95)66(96)39-59)102-80(119)52-134-51-74(83(122)100-48-79(98)118)107-85(124)70(38-54(2)3)104-86(125)71(40-58-29-32-61(115)33-30-58)105-84(123)69(101-53-114)44-60-47-99-67-26-18-17-25-64(60)67/h11-18,21-26,29-34,39,47,53-55,62-63,68-78,82,99,115-117H,9-10,19-20,27-28,35-38,40-46,48-52,97H2,1-8H3,(H2,98,118)(H,100,122)(H,101,114)(H,102,119)(H,103,127)(H,104,125)(H,105,123)(H,106,128)(H,107,124)(H,108,126)(H,120,121)/t62-,63-,68+,69+,70+,71+,72+,73+,74+,75+,76+,77-,78+,82+/m1/s1. The van der Waals surface area contributed by atoms with E-state index in [1.165, 1.54) is 50.3 Å². The van der Waals surface area contributed by atoms with Crippen molar-refractivity contribution in [3.63, 3.8) is 0 Å². The molecule has 3 heterocycles. The maximum Gasteiger partial charge on any atom is 0.305 e. The molecule has 0 saturated carbocycles. The number of halogens is 2. The molecule has 37 nitrogen and oxygen atoms in total. The number of amides is 15. The molecule has 14 atom stereocenters. The first-order chi connectivity index (χ1) is 63.8. The van der Waals surface area contributed by atoms with Crippen LogP contribution in [0.15, 0.2) is 134 Å². The van der Waals surface area contributed by atoms with E-state index in [9.17, 15) is 87.1 Å². The molecule has 2 saturated heterocycles. The van der Waals surface area contributed by atoms with Gasteiger partial charge in [0.05, 0.1) is 30.9 Å². The highest BCUT2D eigenvalue weighted by atomic mass is 32.2. The summed E-state index contributed by atoms with van der Waals surface area (Å²) < 4.78 is 29.8. The Balaban J connectivity index is 1.00. The number of aromatic hydroxyl groups is 1. The minimum absolute atomic E-state index is 0.0169. The Hall–Kier alpha value is -13.0. The number of aliphatic carboxylic acids is 1. The molecule has 0 bridgehead atoms. The number of thioether (sulfide) groups is 1. The highest BCUT2D eigenvalue weighted by molar-refractivity contribution is 8.00. The number of fused-ring (bicyclic) bond motifs is 1. The number of phenolic OH excluding ortho intramolecular Hbond substituents is 1. The van der Waals surface area contributed by atoms with Crippen molar-refractivity contribution in [2.45, 2.75) is 216 Å². The van der Waals surface area contributed by atoms with Gasteiger partial charge in [-0.15, -0.1) is 11.8 Å². The van der Waals surface area contributed by atoms with Crippen molar-refractivity contribution < 1.29 is 106 Å². The zero-order chi connectivity index (χ0) is 98.2. The van der Waals surface area contributed by atoms with Crippen molar-refractivity contribution in [3.05, 3.63) is 173 Å². The number of nitrogens with one attached hydrogen (secondary N) is 10. The number of likely N-dealkylation sites (tertiary alicyclic amines) is 2. The minimum Gasteiger partial charge on any atom is -0.508 e. The lowest BCUT2D eigenvalue weighted by atomic mass is 9.98. The molecule has 6 aromatic rings. The van der Waals surface area contributed by atoms with Crippen LogP contribution in [0.25, 0.3) is 10.9 Å². The van der Waals surface area contributed by atoms with Crippen LogP contribution in [0.1, 0.15) is 127 Å². The van der Waals surface area contributed by atoms with E-state index in [4.69, 9.17) is 11.5 Å². The van der Waals surface area contributed by atoms with Gasteiger partial charge in [0.25, 0.3) is 0 Å². The van der Waals surface area contributed by atoms with Gasteiger partial charge in [0.1, 0.15) is 78.3 Å². The Morgan fingerprint density at radius 1 is 0.567 bits per heavy atom. The molecule has 726 valence electrons. The molecule has 134 heavy (non-hydrogen) atoms. The molecule has 0 aliphatic carbocycles. The number of carbonyl (C=O) groups is 16. The van der Waals surface area contributed by atoms with Crippen LogP contribution in [0, 0.1) is 23.5 Å². The third-order valence-electron chi connectivity index (χ3n) is 23.5. The van der Waals surface area contributed by atoms with Gasteiger partial charge in [-0.05, 0) is 115 Å². The number of benzene rings is 5. The largest absolute Gasteiger partial charge is 0.508 e. The number of aromatic nitrogens is 1. The molecule has 18 N–H and O–H groups in total. The molecule has 2 fully saturated rings. The normalized spacial score (nSPS) is 16.6. The van der Waals surface area contributed by atoms with E-state index in [2.05, 4.69) is 52.8 Å². The number of carboxylic acids is 1. The van der Waals surface area contributed by atoms with Crippen LogP contribution in [0.3, 0.4) is 0 Å². The zero-order valence-electron chi connectivity index (χ0n) is 76.4. The van der Waals surface area contributed by atoms with Crippen LogP contribution in [-0.4, -0.2) is 295 Å². The quantitative estimate of drug-likeness (QED) is 0.0187. The lowest BCUT2D eigenvalue weighted by molar-refractivity contribution is -0.152. The number of carbonyl (C=O) groups excluding carboxylic acids is 15. The van der Waals surface area contributed by atoms with Gasteiger partial charge in [-0.1, -0.05) is 145 Å². The summed E-state index contributed by atoms with van der Waals surface area (Å²) in [6.45, 7) is 7.78. The zero-order valence-corrected chi connectivity index (χ0v) is 77.3. The number of para-hydroxylation sites is 1. The number of H-pyrrole nitrogens is 1. The first kappa shape index (κ1) is 106. The van der Waals surface area contributed by atoms with Gasteiger partial charge in [0.15, 0.2) is 11.6 Å². The van der Waals surface area contributed by atoms with Gasteiger partial charge < -0.3 is 109 Å². The summed E-state index contributed by atoms with van der Waals surface area (Å²) in [5.41, 5.74) is 14.2. The fourth-order valence-electron chi connectivity index (χ4n) is 16.1. The molecule has 2 aliphatic heterocycles. The number of aliphatic hydroxyl groups is 2. The van der Waals surface area contributed by atoms with Crippen LogP contribution >= 0.6 is 11.8 Å². The molecule has 0 unspecified atom stereocenters. The molecular formula is C94H125F2N17O20S. The summed E-state index contributed by atoms with van der Waals surface area (Å²) in [6, 6.07) is 14.6. The summed E-state index contributed by atoms with van der Waals surface area (Å²) >= 11 is 0.728. The van der Waals surface area contributed by atoms with Crippen molar-refractivity contribution in [1.82, 2.24) is 77.3 Å². The predicted octanol–water partition coefficient (Wildman–Crippen LogP) is 1.04. The smallest absolute Gasteiger partial charge is 0.305 e. The second kappa shape index (κ2) is 51.9. The van der Waals surface area contributed by atoms with Crippen LogP contribution in [0.5, 0.6) is 5.75 Å². The summed E-state index contributed by atoms with van der Waals surface area (Å²) in [5.74, 6) is -19.0.